The summed E-state index contributed by atoms with van der Waals surface area (Å²) in [5.41, 5.74) is 4.32. The highest BCUT2D eigenvalue weighted by atomic mass is 32.2. The van der Waals surface area contributed by atoms with Gasteiger partial charge in [0.2, 0.25) is 5.91 Å². The minimum atomic E-state index is -3.99. The zero-order valence-corrected chi connectivity index (χ0v) is 20.4. The molecule has 0 fully saturated rings. The molecule has 0 saturated carbocycles. The number of aryl methyl sites for hydroxylation is 3. The topological polar surface area (TPSA) is 75.7 Å². The van der Waals surface area contributed by atoms with Gasteiger partial charge in [-0.05, 0) is 74.7 Å². The molecule has 0 aromatic heterocycles. The number of hydrogen-bond donors (Lipinski definition) is 1. The van der Waals surface area contributed by atoms with Crippen molar-refractivity contribution in [3.05, 3.63) is 89.0 Å². The predicted octanol–water partition coefficient (Wildman–Crippen LogP) is 4.69. The van der Waals surface area contributed by atoms with Crippen molar-refractivity contribution in [1.29, 1.82) is 0 Å². The highest BCUT2D eigenvalue weighted by Gasteiger charge is 2.28. The van der Waals surface area contributed by atoms with Crippen molar-refractivity contribution >= 4 is 21.6 Å². The predicted molar refractivity (Wildman–Crippen MR) is 131 cm³/mol. The molecule has 3 aromatic rings. The van der Waals surface area contributed by atoms with E-state index in [1.54, 1.807) is 49.4 Å². The minimum Gasteiger partial charge on any atom is -0.496 e. The summed E-state index contributed by atoms with van der Waals surface area (Å²) in [5.74, 6) is 0.209. The third-order valence-electron chi connectivity index (χ3n) is 5.56. The highest BCUT2D eigenvalue weighted by Crippen LogP contribution is 2.27. The smallest absolute Gasteiger partial charge is 0.264 e. The molecule has 0 heterocycles. The zero-order valence-electron chi connectivity index (χ0n) is 19.6. The van der Waals surface area contributed by atoms with Crippen LogP contribution in [0.5, 0.6) is 5.75 Å². The Balaban J connectivity index is 1.90. The summed E-state index contributed by atoms with van der Waals surface area (Å²) in [7, 11) is -2.46. The van der Waals surface area contributed by atoms with Crippen LogP contribution in [0, 0.1) is 20.8 Å². The second-order valence-corrected chi connectivity index (χ2v) is 9.99. The van der Waals surface area contributed by atoms with Crippen LogP contribution in [0.25, 0.3) is 0 Å². The molecule has 3 rings (SSSR count). The third kappa shape index (κ3) is 5.54. The quantitative estimate of drug-likeness (QED) is 0.522. The molecule has 6 nitrogen and oxygen atoms in total. The summed E-state index contributed by atoms with van der Waals surface area (Å²) in [5, 5.41) is 2.94. The van der Waals surface area contributed by atoms with Crippen molar-refractivity contribution in [3.8, 4) is 5.75 Å². The van der Waals surface area contributed by atoms with Crippen LogP contribution in [-0.2, 0) is 14.8 Å². The monoisotopic (exact) mass is 466 g/mol. The number of carbonyl (C=O) groups excluding carboxylic acids is 1. The zero-order chi connectivity index (χ0) is 24.2. The van der Waals surface area contributed by atoms with Gasteiger partial charge < -0.3 is 10.1 Å². The van der Waals surface area contributed by atoms with Gasteiger partial charge in [0.05, 0.1) is 23.7 Å². The molecule has 1 unspecified atom stereocenters. The molecule has 7 heteroatoms. The second kappa shape index (κ2) is 10.1. The molecular weight excluding hydrogens is 436 g/mol. The van der Waals surface area contributed by atoms with Crippen LogP contribution in [0.15, 0.2) is 71.6 Å². The number of sulfonamides is 1. The maximum absolute atomic E-state index is 13.6. The fraction of sp³-hybridized carbons (Fsp3) is 0.269. The Bertz CT molecular complexity index is 1240. The first-order chi connectivity index (χ1) is 15.6. The number of methoxy groups -OCH3 is 1. The molecule has 3 aromatic carbocycles. The lowest BCUT2D eigenvalue weighted by Crippen LogP contribution is -2.41. The van der Waals surface area contributed by atoms with E-state index in [9.17, 15) is 13.2 Å². The largest absolute Gasteiger partial charge is 0.496 e. The SMILES string of the molecule is COc1ccc(S(=O)(=O)N(CC(=O)NC(C)c2ccc(C)cc2C)c2ccccc2)cc1C. The number of para-hydroxylation sites is 1. The molecule has 0 spiro atoms. The summed E-state index contributed by atoms with van der Waals surface area (Å²) in [4.78, 5) is 13.1. The van der Waals surface area contributed by atoms with Crippen LogP contribution in [0.4, 0.5) is 5.69 Å². The van der Waals surface area contributed by atoms with E-state index < -0.39 is 10.0 Å². The van der Waals surface area contributed by atoms with E-state index >= 15 is 0 Å². The van der Waals surface area contributed by atoms with Crippen LogP contribution in [0.2, 0.25) is 0 Å². The molecule has 0 bridgehead atoms. The number of rotatable bonds is 8. The average molecular weight is 467 g/mol. The first kappa shape index (κ1) is 24.3. The first-order valence-corrected chi connectivity index (χ1v) is 12.2. The molecular formula is C26H30N2O4S. The van der Waals surface area contributed by atoms with Gasteiger partial charge in [-0.2, -0.15) is 0 Å². The van der Waals surface area contributed by atoms with E-state index in [0.29, 0.717) is 17.0 Å². The Morgan fingerprint density at radius 1 is 0.970 bits per heavy atom. The molecule has 1 atom stereocenters. The highest BCUT2D eigenvalue weighted by molar-refractivity contribution is 7.92. The number of carbonyl (C=O) groups is 1. The molecule has 0 aliphatic rings. The van der Waals surface area contributed by atoms with Crippen LogP contribution < -0.4 is 14.4 Å². The van der Waals surface area contributed by atoms with Crippen LogP contribution in [0.1, 0.15) is 35.2 Å². The summed E-state index contributed by atoms with van der Waals surface area (Å²) < 4.78 is 33.5. The van der Waals surface area contributed by atoms with Gasteiger partial charge in [-0.15, -0.1) is 0 Å². The van der Waals surface area contributed by atoms with Crippen LogP contribution in [0.3, 0.4) is 0 Å². The number of hydrogen-bond acceptors (Lipinski definition) is 4. The average Bonchev–Trinajstić information content (AvgIpc) is 2.77. The van der Waals surface area contributed by atoms with Crippen LogP contribution in [-0.4, -0.2) is 28.0 Å². The van der Waals surface area contributed by atoms with Gasteiger partial charge in [0, 0.05) is 0 Å². The number of nitrogens with zero attached hydrogens (tertiary/aromatic N) is 1. The van der Waals surface area contributed by atoms with Gasteiger partial charge >= 0.3 is 0 Å². The van der Waals surface area contributed by atoms with Crippen molar-refractivity contribution in [2.24, 2.45) is 0 Å². The van der Waals surface area contributed by atoms with Gasteiger partial charge in [0.25, 0.3) is 10.0 Å². The number of anilines is 1. The fourth-order valence-corrected chi connectivity index (χ4v) is 5.36. The van der Waals surface area contributed by atoms with Gasteiger partial charge in [0.15, 0.2) is 0 Å². The number of nitrogens with one attached hydrogen (secondary N) is 1. The molecule has 33 heavy (non-hydrogen) atoms. The van der Waals surface area contributed by atoms with E-state index in [2.05, 4.69) is 11.4 Å². The molecule has 0 radical (unpaired) electrons. The second-order valence-electron chi connectivity index (χ2n) is 8.13. The molecule has 1 amide bonds. The van der Waals surface area contributed by atoms with Gasteiger partial charge in [-0.25, -0.2) is 8.42 Å². The number of amides is 1. The standard InChI is InChI=1S/C26H30N2O4S/c1-18-11-13-24(19(2)15-18)21(4)27-26(29)17-28(22-9-7-6-8-10-22)33(30,31)23-12-14-25(32-5)20(3)16-23/h6-16,21H,17H2,1-5H3,(H,27,29). The lowest BCUT2D eigenvalue weighted by Gasteiger charge is -2.25. The number of benzene rings is 3. The van der Waals surface area contributed by atoms with Gasteiger partial charge in [-0.3, -0.25) is 9.10 Å². The summed E-state index contributed by atoms with van der Waals surface area (Å²) in [6.45, 7) is 7.35. The van der Waals surface area contributed by atoms with Crippen molar-refractivity contribution in [2.75, 3.05) is 18.0 Å². The fourth-order valence-electron chi connectivity index (χ4n) is 3.85. The first-order valence-electron chi connectivity index (χ1n) is 10.7. The molecule has 0 aliphatic carbocycles. The summed E-state index contributed by atoms with van der Waals surface area (Å²) in [6, 6.07) is 19.1. The minimum absolute atomic E-state index is 0.0971. The lowest BCUT2D eigenvalue weighted by molar-refractivity contribution is -0.120. The van der Waals surface area contributed by atoms with Crippen molar-refractivity contribution < 1.29 is 17.9 Å². The van der Waals surface area contributed by atoms with Crippen LogP contribution >= 0.6 is 0 Å². The Morgan fingerprint density at radius 2 is 1.67 bits per heavy atom. The molecule has 0 aliphatic heterocycles. The van der Waals surface area contributed by atoms with E-state index in [4.69, 9.17) is 4.74 Å². The van der Waals surface area contributed by atoms with Gasteiger partial charge in [-0.1, -0.05) is 42.0 Å². The Kier molecular flexibility index (Phi) is 7.43. The molecule has 0 saturated heterocycles. The van der Waals surface area contributed by atoms with Crippen molar-refractivity contribution in [3.63, 3.8) is 0 Å². The van der Waals surface area contributed by atoms with E-state index in [1.807, 2.05) is 32.9 Å². The Labute approximate surface area is 196 Å². The Hall–Kier alpha value is -3.32. The number of ether oxygens (including phenoxy) is 1. The summed E-state index contributed by atoms with van der Waals surface area (Å²) >= 11 is 0. The Morgan fingerprint density at radius 3 is 2.27 bits per heavy atom. The normalized spacial score (nSPS) is 12.2. The maximum Gasteiger partial charge on any atom is 0.264 e. The van der Waals surface area contributed by atoms with E-state index in [-0.39, 0.29) is 23.4 Å². The van der Waals surface area contributed by atoms with E-state index in [1.165, 1.54) is 13.2 Å². The van der Waals surface area contributed by atoms with Crippen molar-refractivity contribution in [1.82, 2.24) is 5.32 Å². The molecule has 174 valence electrons. The van der Waals surface area contributed by atoms with Crippen molar-refractivity contribution in [2.45, 2.75) is 38.6 Å². The maximum atomic E-state index is 13.6. The summed E-state index contributed by atoms with van der Waals surface area (Å²) in [6.07, 6.45) is 0. The third-order valence-corrected chi connectivity index (χ3v) is 7.32. The molecule has 1 N–H and O–H groups in total. The lowest BCUT2D eigenvalue weighted by atomic mass is 10.0. The van der Waals surface area contributed by atoms with Gasteiger partial charge in [0.1, 0.15) is 12.3 Å². The van der Waals surface area contributed by atoms with E-state index in [0.717, 1.165) is 21.0 Å².